The van der Waals surface area contributed by atoms with Crippen molar-refractivity contribution in [3.63, 3.8) is 0 Å². The largest absolute Gasteiger partial charge is 0.383 e. The minimum absolute atomic E-state index is 0.117. The van der Waals surface area contributed by atoms with Crippen LogP contribution in [-0.4, -0.2) is 49.0 Å². The summed E-state index contributed by atoms with van der Waals surface area (Å²) in [6.45, 7) is 2.97. The smallest absolute Gasteiger partial charge is 0.146 e. The van der Waals surface area contributed by atoms with Gasteiger partial charge in [0.2, 0.25) is 0 Å². The number of pyridine rings is 1. The van der Waals surface area contributed by atoms with Crippen molar-refractivity contribution in [3.05, 3.63) is 41.3 Å². The van der Waals surface area contributed by atoms with E-state index in [-0.39, 0.29) is 12.2 Å². The van der Waals surface area contributed by atoms with Crippen LogP contribution in [0.3, 0.4) is 0 Å². The molecule has 0 aliphatic heterocycles. The Morgan fingerprint density at radius 3 is 2.61 bits per heavy atom. The van der Waals surface area contributed by atoms with Gasteiger partial charge in [-0.3, -0.25) is 0 Å². The molecule has 0 spiro atoms. The van der Waals surface area contributed by atoms with Crippen LogP contribution in [0.15, 0.2) is 30.5 Å². The maximum Gasteiger partial charge on any atom is 0.146 e. The predicted molar refractivity (Wildman–Crippen MR) is 130 cm³/mol. The van der Waals surface area contributed by atoms with Gasteiger partial charge >= 0.3 is 0 Å². The Bertz CT molecular complexity index is 948. The third kappa shape index (κ3) is 6.55. The second-order valence-electron chi connectivity index (χ2n) is 9.46. The first kappa shape index (κ1) is 24.2. The first-order valence-corrected chi connectivity index (χ1v) is 12.1. The van der Waals surface area contributed by atoms with Gasteiger partial charge in [0.05, 0.1) is 17.3 Å². The number of ether oxygens (including phenoxy) is 1. The number of alkyl halides is 1. The molecule has 2 aliphatic carbocycles. The van der Waals surface area contributed by atoms with Gasteiger partial charge in [-0.25, -0.2) is 13.8 Å². The Balaban J connectivity index is 1.39. The van der Waals surface area contributed by atoms with E-state index in [1.165, 1.54) is 6.07 Å². The third-order valence-electron chi connectivity index (χ3n) is 6.54. The summed E-state index contributed by atoms with van der Waals surface area (Å²) in [6.07, 6.45) is 6.95. The monoisotopic (exact) mass is 478 g/mol. The van der Waals surface area contributed by atoms with Gasteiger partial charge in [-0.15, -0.1) is 0 Å². The van der Waals surface area contributed by atoms with E-state index in [4.69, 9.17) is 16.3 Å². The van der Waals surface area contributed by atoms with Crippen LogP contribution in [0.2, 0.25) is 5.02 Å². The highest BCUT2D eigenvalue weighted by molar-refractivity contribution is 6.33. The SMILES string of the molecule is COC[C@H](C)N[C@H]1CC[C@H](Nc2cc(-c3ccc(F)c(NCC4(F)CC4)c3)c(Cl)cn2)CC1. The van der Waals surface area contributed by atoms with Crippen LogP contribution in [0, 0.1) is 5.82 Å². The van der Waals surface area contributed by atoms with Crippen molar-refractivity contribution < 1.29 is 13.5 Å². The first-order valence-electron chi connectivity index (χ1n) is 11.7. The zero-order chi connectivity index (χ0) is 23.4. The molecule has 0 radical (unpaired) electrons. The Kier molecular flexibility index (Phi) is 7.72. The number of nitrogens with one attached hydrogen (secondary N) is 3. The number of hydrogen-bond donors (Lipinski definition) is 3. The lowest BCUT2D eigenvalue weighted by Crippen LogP contribution is -2.42. The Morgan fingerprint density at radius 1 is 1.18 bits per heavy atom. The van der Waals surface area contributed by atoms with Gasteiger partial charge in [0.1, 0.15) is 17.3 Å². The van der Waals surface area contributed by atoms with Crippen LogP contribution in [0.25, 0.3) is 11.1 Å². The molecular formula is C25H33ClF2N4O. The van der Waals surface area contributed by atoms with Crippen LogP contribution in [-0.2, 0) is 4.74 Å². The Labute approximate surface area is 199 Å². The van der Waals surface area contributed by atoms with Crippen molar-refractivity contribution in [2.45, 2.75) is 69.2 Å². The van der Waals surface area contributed by atoms with E-state index < -0.39 is 11.5 Å². The van der Waals surface area contributed by atoms with Crippen molar-refractivity contribution in [2.75, 3.05) is 30.9 Å². The molecule has 1 aromatic heterocycles. The van der Waals surface area contributed by atoms with Gasteiger partial charge in [-0.1, -0.05) is 17.7 Å². The normalized spacial score (nSPS) is 22.6. The van der Waals surface area contributed by atoms with E-state index >= 15 is 0 Å². The zero-order valence-corrected chi connectivity index (χ0v) is 20.0. The lowest BCUT2D eigenvalue weighted by molar-refractivity contribution is 0.161. The average molecular weight is 479 g/mol. The van der Waals surface area contributed by atoms with E-state index in [0.29, 0.717) is 42.6 Å². The molecule has 3 N–H and O–H groups in total. The molecule has 1 aromatic carbocycles. The maximum absolute atomic E-state index is 14.3. The summed E-state index contributed by atoms with van der Waals surface area (Å²) in [5, 5.41) is 10.6. The minimum Gasteiger partial charge on any atom is -0.383 e. The highest BCUT2D eigenvalue weighted by Gasteiger charge is 2.42. The molecule has 2 fully saturated rings. The van der Waals surface area contributed by atoms with Crippen LogP contribution < -0.4 is 16.0 Å². The maximum atomic E-state index is 14.3. The molecule has 8 heteroatoms. The number of nitrogens with zero attached hydrogens (tertiary/aromatic N) is 1. The molecule has 2 aliphatic rings. The quantitative estimate of drug-likeness (QED) is 0.402. The second-order valence-corrected chi connectivity index (χ2v) is 9.87. The van der Waals surface area contributed by atoms with Gasteiger partial charge < -0.3 is 20.7 Å². The summed E-state index contributed by atoms with van der Waals surface area (Å²) in [4.78, 5) is 4.45. The average Bonchev–Trinajstić information content (AvgIpc) is 3.53. The summed E-state index contributed by atoms with van der Waals surface area (Å²) >= 11 is 6.44. The highest BCUT2D eigenvalue weighted by atomic mass is 35.5. The molecule has 33 heavy (non-hydrogen) atoms. The van der Waals surface area contributed by atoms with E-state index in [1.807, 2.05) is 6.07 Å². The first-order chi connectivity index (χ1) is 15.8. The van der Waals surface area contributed by atoms with Crippen molar-refractivity contribution >= 4 is 23.1 Å². The molecule has 2 saturated carbocycles. The summed E-state index contributed by atoms with van der Waals surface area (Å²) in [5.41, 5.74) is 0.609. The predicted octanol–water partition coefficient (Wildman–Crippen LogP) is 5.80. The number of aromatic nitrogens is 1. The fourth-order valence-corrected chi connectivity index (χ4v) is 4.66. The molecule has 1 atom stereocenters. The van der Waals surface area contributed by atoms with E-state index in [0.717, 1.165) is 42.6 Å². The fraction of sp³-hybridized carbons (Fsp3) is 0.560. The van der Waals surface area contributed by atoms with Crippen LogP contribution in [0.4, 0.5) is 20.3 Å². The molecular weight excluding hydrogens is 446 g/mol. The summed E-state index contributed by atoms with van der Waals surface area (Å²) in [7, 11) is 1.73. The molecule has 5 nitrogen and oxygen atoms in total. The number of hydrogen-bond acceptors (Lipinski definition) is 5. The van der Waals surface area contributed by atoms with Crippen LogP contribution in [0.1, 0.15) is 45.4 Å². The molecule has 180 valence electrons. The van der Waals surface area contributed by atoms with Crippen molar-refractivity contribution in [1.29, 1.82) is 0 Å². The summed E-state index contributed by atoms with van der Waals surface area (Å²) < 4.78 is 33.5. The molecule has 0 bridgehead atoms. The minimum atomic E-state index is -1.20. The number of halogens is 3. The summed E-state index contributed by atoms with van der Waals surface area (Å²) in [6, 6.07) is 7.86. The van der Waals surface area contributed by atoms with Crippen LogP contribution in [0.5, 0.6) is 0 Å². The highest BCUT2D eigenvalue weighted by Crippen LogP contribution is 2.40. The lowest BCUT2D eigenvalue weighted by atomic mass is 9.90. The number of methoxy groups -OCH3 is 1. The third-order valence-corrected chi connectivity index (χ3v) is 6.84. The Morgan fingerprint density at radius 2 is 1.91 bits per heavy atom. The van der Waals surface area contributed by atoms with Gasteiger partial charge in [-0.2, -0.15) is 0 Å². The lowest BCUT2D eigenvalue weighted by Gasteiger charge is -2.32. The van der Waals surface area contributed by atoms with Gasteiger partial charge in [0, 0.05) is 43.5 Å². The second kappa shape index (κ2) is 10.5. The van der Waals surface area contributed by atoms with Crippen molar-refractivity contribution in [1.82, 2.24) is 10.3 Å². The number of rotatable bonds is 10. The van der Waals surface area contributed by atoms with Crippen LogP contribution >= 0.6 is 11.6 Å². The molecule has 0 unspecified atom stereocenters. The fourth-order valence-electron chi connectivity index (χ4n) is 4.45. The molecule has 4 rings (SSSR count). The zero-order valence-electron chi connectivity index (χ0n) is 19.3. The standard InChI is InChI=1S/C25H33ClF2N4O/c1-16(14-33-2)31-18-4-6-19(7-5-18)32-24-12-20(21(26)13-29-24)17-3-8-22(27)23(11-17)30-15-25(28)9-10-25/h3,8,11-13,16,18-19,30-31H,4-7,9-10,14-15H2,1-2H3,(H,29,32)/t16-,18-,19-/m0/s1. The molecule has 0 amide bonds. The molecule has 0 saturated heterocycles. The van der Waals surface area contributed by atoms with Gasteiger partial charge in [-0.05, 0) is 69.2 Å². The number of benzene rings is 1. The topological polar surface area (TPSA) is 58.2 Å². The molecule has 1 heterocycles. The Hall–Kier alpha value is -1.96. The van der Waals surface area contributed by atoms with Crippen molar-refractivity contribution in [3.8, 4) is 11.1 Å². The van der Waals surface area contributed by atoms with E-state index in [1.54, 1.807) is 25.4 Å². The summed E-state index contributed by atoms with van der Waals surface area (Å²) in [5.74, 6) is 0.342. The van der Waals surface area contributed by atoms with E-state index in [2.05, 4.69) is 27.9 Å². The van der Waals surface area contributed by atoms with Gasteiger partial charge in [0.25, 0.3) is 0 Å². The van der Waals surface area contributed by atoms with Crippen molar-refractivity contribution in [2.24, 2.45) is 0 Å². The molecule has 2 aromatic rings. The van der Waals surface area contributed by atoms with E-state index in [9.17, 15) is 8.78 Å². The van der Waals surface area contributed by atoms with Gasteiger partial charge in [0.15, 0.2) is 0 Å². The number of anilines is 2.